The molecule has 0 spiro atoms. The summed E-state index contributed by atoms with van der Waals surface area (Å²) in [5, 5.41) is 3.28. The van der Waals surface area contributed by atoms with Crippen molar-refractivity contribution >= 4 is 5.91 Å². The molecule has 4 heteroatoms. The molecule has 3 heterocycles. The van der Waals surface area contributed by atoms with Gasteiger partial charge in [0.25, 0.3) is 0 Å². The molecule has 1 amide bonds. The zero-order chi connectivity index (χ0) is 11.5. The number of nitrogens with one attached hydrogen (secondary N) is 1. The molecule has 3 fully saturated rings. The van der Waals surface area contributed by atoms with Crippen LogP contribution in [0.3, 0.4) is 0 Å². The van der Waals surface area contributed by atoms with Gasteiger partial charge in [0.15, 0.2) is 0 Å². The van der Waals surface area contributed by atoms with Crippen molar-refractivity contribution in [3.05, 3.63) is 0 Å². The topological polar surface area (TPSA) is 45.5 Å². The van der Waals surface area contributed by atoms with E-state index in [2.05, 4.69) is 35.9 Å². The Morgan fingerprint density at radius 2 is 2.06 bits per heavy atom. The fourth-order valence-corrected chi connectivity index (χ4v) is 3.05. The Kier molecular flexibility index (Phi) is 2.11. The number of rotatable bonds is 0. The number of piperidine rings is 1. The summed E-state index contributed by atoms with van der Waals surface area (Å²) < 4.78 is 0. The van der Waals surface area contributed by atoms with Crippen molar-refractivity contribution in [3.63, 3.8) is 0 Å². The van der Waals surface area contributed by atoms with E-state index in [1.165, 1.54) is 0 Å². The molecular formula is C12H21N3O. The van der Waals surface area contributed by atoms with Gasteiger partial charge < -0.3 is 4.90 Å². The maximum Gasteiger partial charge on any atom is 0.241 e. The molecule has 0 aromatic heterocycles. The Morgan fingerprint density at radius 3 is 2.75 bits per heavy atom. The predicted octanol–water partition coefficient (Wildman–Crippen LogP) is 0.0418. The van der Waals surface area contributed by atoms with Crippen LogP contribution < -0.4 is 5.32 Å². The number of nitrogens with zero attached hydrogens (tertiary/aromatic N) is 2. The van der Waals surface area contributed by atoms with Crippen molar-refractivity contribution in [2.24, 2.45) is 0 Å². The molecule has 3 saturated heterocycles. The lowest BCUT2D eigenvalue weighted by Crippen LogP contribution is -2.62. The normalized spacial score (nSPS) is 39.3. The molecule has 0 aromatic rings. The highest BCUT2D eigenvalue weighted by Gasteiger charge is 2.53. The molecule has 0 bridgehead atoms. The van der Waals surface area contributed by atoms with Gasteiger partial charge in [-0.25, -0.2) is 0 Å². The number of carbonyl (C=O) groups excluding carboxylic acids is 1. The van der Waals surface area contributed by atoms with Gasteiger partial charge >= 0.3 is 0 Å². The largest absolute Gasteiger partial charge is 0.336 e. The summed E-state index contributed by atoms with van der Waals surface area (Å²) in [5.74, 6) is 0.342. The van der Waals surface area contributed by atoms with E-state index in [1.807, 2.05) is 0 Å². The van der Waals surface area contributed by atoms with Crippen molar-refractivity contribution in [1.29, 1.82) is 0 Å². The van der Waals surface area contributed by atoms with Crippen LogP contribution in [0.4, 0.5) is 0 Å². The Labute approximate surface area is 97.0 Å². The van der Waals surface area contributed by atoms with Crippen LogP contribution in [-0.2, 0) is 4.79 Å². The van der Waals surface area contributed by atoms with Crippen LogP contribution in [0.5, 0.6) is 0 Å². The fraction of sp³-hybridized carbons (Fsp3) is 0.917. The highest BCUT2D eigenvalue weighted by Crippen LogP contribution is 2.32. The first-order valence-corrected chi connectivity index (χ1v) is 6.28. The van der Waals surface area contributed by atoms with E-state index >= 15 is 0 Å². The van der Waals surface area contributed by atoms with E-state index in [0.717, 1.165) is 26.1 Å². The number of carbonyl (C=O) groups is 1. The molecule has 3 unspecified atom stereocenters. The minimum absolute atomic E-state index is 0.164. The molecular weight excluding hydrogens is 202 g/mol. The van der Waals surface area contributed by atoms with Gasteiger partial charge in [-0.2, -0.15) is 0 Å². The van der Waals surface area contributed by atoms with Gasteiger partial charge in [-0.1, -0.05) is 0 Å². The lowest BCUT2D eigenvalue weighted by atomic mass is 9.95. The summed E-state index contributed by atoms with van der Waals surface area (Å²) in [7, 11) is 0. The number of piperazine rings is 1. The predicted molar refractivity (Wildman–Crippen MR) is 62.2 cm³/mol. The molecule has 0 radical (unpaired) electrons. The summed E-state index contributed by atoms with van der Waals surface area (Å²) in [6.07, 6.45) is 1.14. The first-order valence-electron chi connectivity index (χ1n) is 6.28. The highest BCUT2D eigenvalue weighted by atomic mass is 16.2. The van der Waals surface area contributed by atoms with Crippen LogP contribution in [-0.4, -0.2) is 59.0 Å². The van der Waals surface area contributed by atoms with Gasteiger partial charge in [-0.3, -0.25) is 15.0 Å². The summed E-state index contributed by atoms with van der Waals surface area (Å²) in [6.45, 7) is 9.73. The third-order valence-electron chi connectivity index (χ3n) is 4.19. The smallest absolute Gasteiger partial charge is 0.241 e. The van der Waals surface area contributed by atoms with Crippen LogP contribution in [0.1, 0.15) is 27.2 Å². The van der Waals surface area contributed by atoms with Gasteiger partial charge in [0.2, 0.25) is 5.91 Å². The maximum absolute atomic E-state index is 12.0. The van der Waals surface area contributed by atoms with E-state index in [0.29, 0.717) is 18.0 Å². The first-order chi connectivity index (χ1) is 7.47. The zero-order valence-electron chi connectivity index (χ0n) is 10.4. The average molecular weight is 223 g/mol. The molecule has 3 aliphatic heterocycles. The Bertz CT molecular complexity index is 323. The van der Waals surface area contributed by atoms with Crippen molar-refractivity contribution in [2.45, 2.75) is 50.9 Å². The van der Waals surface area contributed by atoms with Gasteiger partial charge in [0.1, 0.15) is 6.04 Å². The standard InChI is InChI=1S/C12H21N3O/c1-12(2,3)14-4-5-15-8(7-14)6-9-10(13-9)11(15)16/h8-10,13H,4-7H2,1-3H3. The minimum Gasteiger partial charge on any atom is -0.336 e. The Hall–Kier alpha value is -0.610. The van der Waals surface area contributed by atoms with Crippen molar-refractivity contribution < 1.29 is 4.79 Å². The third kappa shape index (κ3) is 1.55. The second kappa shape index (κ2) is 3.20. The zero-order valence-corrected chi connectivity index (χ0v) is 10.4. The SMILES string of the molecule is CC(C)(C)N1CCN2C(=O)C3NC3CC2C1. The Morgan fingerprint density at radius 1 is 1.31 bits per heavy atom. The summed E-state index contributed by atoms with van der Waals surface area (Å²) in [4.78, 5) is 16.6. The van der Waals surface area contributed by atoms with E-state index in [1.54, 1.807) is 0 Å². The molecule has 3 aliphatic rings. The number of hydrogen-bond donors (Lipinski definition) is 1. The summed E-state index contributed by atoms with van der Waals surface area (Å²) in [5.41, 5.74) is 0.225. The van der Waals surface area contributed by atoms with Crippen LogP contribution >= 0.6 is 0 Å². The first kappa shape index (κ1) is 10.5. The van der Waals surface area contributed by atoms with Gasteiger partial charge in [0.05, 0.1) is 0 Å². The monoisotopic (exact) mass is 223 g/mol. The summed E-state index contributed by atoms with van der Waals surface area (Å²) in [6, 6.07) is 1.09. The molecule has 3 atom stereocenters. The van der Waals surface area contributed by atoms with Crippen LogP contribution in [0.15, 0.2) is 0 Å². The molecule has 1 N–H and O–H groups in total. The van der Waals surface area contributed by atoms with Crippen molar-refractivity contribution in [2.75, 3.05) is 19.6 Å². The van der Waals surface area contributed by atoms with Gasteiger partial charge in [-0.15, -0.1) is 0 Å². The van der Waals surface area contributed by atoms with E-state index in [4.69, 9.17) is 0 Å². The molecule has 0 aliphatic carbocycles. The van der Waals surface area contributed by atoms with Gasteiger partial charge in [0, 0.05) is 37.3 Å². The van der Waals surface area contributed by atoms with Crippen molar-refractivity contribution in [1.82, 2.24) is 15.1 Å². The van der Waals surface area contributed by atoms with Crippen LogP contribution in [0.2, 0.25) is 0 Å². The second-order valence-corrected chi connectivity index (χ2v) is 6.29. The van der Waals surface area contributed by atoms with E-state index in [-0.39, 0.29) is 11.6 Å². The number of hydrogen-bond acceptors (Lipinski definition) is 3. The lowest BCUT2D eigenvalue weighted by molar-refractivity contribution is -0.139. The lowest BCUT2D eigenvalue weighted by Gasteiger charge is -2.48. The summed E-state index contributed by atoms with van der Waals surface area (Å²) >= 11 is 0. The quantitative estimate of drug-likeness (QED) is 0.590. The van der Waals surface area contributed by atoms with Crippen LogP contribution in [0.25, 0.3) is 0 Å². The van der Waals surface area contributed by atoms with E-state index in [9.17, 15) is 4.79 Å². The highest BCUT2D eigenvalue weighted by molar-refractivity contribution is 5.87. The fourth-order valence-electron chi connectivity index (χ4n) is 3.05. The average Bonchev–Trinajstić information content (AvgIpc) is 2.95. The van der Waals surface area contributed by atoms with Crippen LogP contribution in [0, 0.1) is 0 Å². The van der Waals surface area contributed by atoms with Crippen molar-refractivity contribution in [3.8, 4) is 0 Å². The number of amides is 1. The molecule has 0 aromatic carbocycles. The van der Waals surface area contributed by atoms with E-state index < -0.39 is 0 Å². The third-order valence-corrected chi connectivity index (χ3v) is 4.19. The maximum atomic E-state index is 12.0. The molecule has 3 rings (SSSR count). The molecule has 90 valence electrons. The number of fused-ring (bicyclic) bond motifs is 2. The minimum atomic E-state index is 0.164. The second-order valence-electron chi connectivity index (χ2n) is 6.29. The van der Waals surface area contributed by atoms with Gasteiger partial charge in [-0.05, 0) is 27.2 Å². The Balaban J connectivity index is 1.73. The molecule has 16 heavy (non-hydrogen) atoms. The molecule has 4 nitrogen and oxygen atoms in total. The molecule has 0 saturated carbocycles.